The Balaban J connectivity index is 1.20. The van der Waals surface area contributed by atoms with E-state index in [4.69, 9.17) is 16.0 Å². The second-order valence-corrected chi connectivity index (χ2v) is 10.4. The molecule has 0 aliphatic heterocycles. The molecule has 6 rings (SSSR count). The van der Waals surface area contributed by atoms with Crippen LogP contribution in [0.1, 0.15) is 41.7 Å². The number of carbonyl (C=O) groups excluding carboxylic acids is 1. The van der Waals surface area contributed by atoms with E-state index in [2.05, 4.69) is 20.5 Å². The van der Waals surface area contributed by atoms with Gasteiger partial charge in [-0.1, -0.05) is 29.8 Å². The van der Waals surface area contributed by atoms with E-state index >= 15 is 0 Å². The first-order chi connectivity index (χ1) is 19.0. The first-order valence-electron chi connectivity index (χ1n) is 13.0. The summed E-state index contributed by atoms with van der Waals surface area (Å²) in [7, 11) is 0. The highest BCUT2D eigenvalue weighted by molar-refractivity contribution is 6.30. The molecule has 39 heavy (non-hydrogen) atoms. The van der Waals surface area contributed by atoms with E-state index < -0.39 is 0 Å². The molecule has 1 aliphatic carbocycles. The standard InChI is InChI=1S/C29H27ClN6O3/c1-18-24(14-21(30)15-31-18)27(37)33-22-11-9-19(10-12-22)16-35-25-7-2-3-8-26(25)36(29(35)38)23-6-4-5-20(13-23)28-34-32-17-39-28/h2-8,13-15,17,19,22H,9-12,16H2,1H3,(H,33,37)/t19-,22-. The number of benzene rings is 2. The molecule has 0 radical (unpaired) electrons. The fourth-order valence-corrected chi connectivity index (χ4v) is 5.62. The fraction of sp³-hybridized carbons (Fsp3) is 0.276. The Bertz CT molecular complexity index is 1700. The van der Waals surface area contributed by atoms with Crippen LogP contribution in [0.15, 0.2) is 76.4 Å². The average molecular weight is 543 g/mol. The Morgan fingerprint density at radius 3 is 2.64 bits per heavy atom. The van der Waals surface area contributed by atoms with Gasteiger partial charge in [-0.2, -0.15) is 0 Å². The number of rotatable bonds is 6. The molecule has 1 fully saturated rings. The minimum atomic E-state index is -0.145. The van der Waals surface area contributed by atoms with E-state index in [9.17, 15) is 9.59 Å². The van der Waals surface area contributed by atoms with Crippen LogP contribution in [0, 0.1) is 12.8 Å². The molecule has 3 aromatic heterocycles. The van der Waals surface area contributed by atoms with E-state index in [1.165, 1.54) is 6.39 Å². The zero-order chi connectivity index (χ0) is 26.9. The first-order valence-corrected chi connectivity index (χ1v) is 13.4. The minimum Gasteiger partial charge on any atom is -0.423 e. The van der Waals surface area contributed by atoms with Crippen LogP contribution in [0.5, 0.6) is 0 Å². The number of hydrogen-bond acceptors (Lipinski definition) is 6. The lowest BCUT2D eigenvalue weighted by Crippen LogP contribution is -2.39. The van der Waals surface area contributed by atoms with Gasteiger partial charge in [0.1, 0.15) is 0 Å². The molecule has 0 bridgehead atoms. The highest BCUT2D eigenvalue weighted by atomic mass is 35.5. The summed E-state index contributed by atoms with van der Waals surface area (Å²) in [6.07, 6.45) is 6.36. The van der Waals surface area contributed by atoms with E-state index in [1.807, 2.05) is 53.1 Å². The maximum atomic E-state index is 13.8. The van der Waals surface area contributed by atoms with Crippen molar-refractivity contribution >= 4 is 28.5 Å². The van der Waals surface area contributed by atoms with Crippen molar-refractivity contribution in [1.29, 1.82) is 0 Å². The zero-order valence-corrected chi connectivity index (χ0v) is 22.1. The number of amides is 1. The lowest BCUT2D eigenvalue weighted by atomic mass is 9.85. The maximum Gasteiger partial charge on any atom is 0.333 e. The van der Waals surface area contributed by atoms with Crippen molar-refractivity contribution in [3.8, 4) is 17.1 Å². The molecule has 3 heterocycles. The zero-order valence-electron chi connectivity index (χ0n) is 21.4. The summed E-state index contributed by atoms with van der Waals surface area (Å²) in [6.45, 7) is 2.42. The maximum absolute atomic E-state index is 13.8. The molecule has 0 atom stereocenters. The van der Waals surface area contributed by atoms with Crippen molar-refractivity contribution in [3.63, 3.8) is 0 Å². The minimum absolute atomic E-state index is 0.0811. The molecule has 1 saturated carbocycles. The summed E-state index contributed by atoms with van der Waals surface area (Å²) < 4.78 is 8.97. The van der Waals surface area contributed by atoms with Crippen LogP contribution in [0.4, 0.5) is 0 Å². The average Bonchev–Trinajstić information content (AvgIpc) is 3.58. The van der Waals surface area contributed by atoms with Crippen LogP contribution in [0.2, 0.25) is 5.02 Å². The van der Waals surface area contributed by atoms with Crippen molar-refractivity contribution in [1.82, 2.24) is 29.6 Å². The van der Waals surface area contributed by atoms with Gasteiger partial charge in [-0.05, 0) is 74.9 Å². The van der Waals surface area contributed by atoms with E-state index in [0.29, 0.717) is 34.6 Å². The number of imidazole rings is 1. The van der Waals surface area contributed by atoms with E-state index in [0.717, 1.165) is 48.0 Å². The number of para-hydroxylation sites is 2. The largest absolute Gasteiger partial charge is 0.423 e. The Kier molecular flexibility index (Phi) is 6.74. The van der Waals surface area contributed by atoms with Crippen molar-refractivity contribution in [2.45, 2.75) is 45.2 Å². The Morgan fingerprint density at radius 1 is 1.08 bits per heavy atom. The number of nitrogens with one attached hydrogen (secondary N) is 1. The van der Waals surface area contributed by atoms with Gasteiger partial charge in [0.2, 0.25) is 12.3 Å². The first kappa shape index (κ1) is 25.1. The highest BCUT2D eigenvalue weighted by Gasteiger charge is 2.26. The Hall–Kier alpha value is -4.24. The molecule has 1 N–H and O–H groups in total. The van der Waals surface area contributed by atoms with Gasteiger partial charge >= 0.3 is 5.69 Å². The van der Waals surface area contributed by atoms with Crippen molar-refractivity contribution < 1.29 is 9.21 Å². The van der Waals surface area contributed by atoms with Crippen molar-refractivity contribution in [3.05, 3.63) is 94.0 Å². The summed E-state index contributed by atoms with van der Waals surface area (Å²) in [6, 6.07) is 17.1. The van der Waals surface area contributed by atoms with Gasteiger partial charge in [-0.3, -0.25) is 18.9 Å². The number of fused-ring (bicyclic) bond motifs is 1. The molecule has 1 amide bonds. The second-order valence-electron chi connectivity index (χ2n) is 9.99. The monoisotopic (exact) mass is 542 g/mol. The normalized spacial score (nSPS) is 17.4. The smallest absolute Gasteiger partial charge is 0.333 e. The molecule has 198 valence electrons. The molecule has 2 aromatic carbocycles. The predicted molar refractivity (Wildman–Crippen MR) is 148 cm³/mol. The molecule has 0 saturated heterocycles. The quantitative estimate of drug-likeness (QED) is 0.316. The fourth-order valence-electron chi connectivity index (χ4n) is 5.46. The van der Waals surface area contributed by atoms with Crippen molar-refractivity contribution in [2.75, 3.05) is 0 Å². The number of aryl methyl sites for hydroxylation is 1. The number of pyridine rings is 1. The number of carbonyl (C=O) groups is 1. The van der Waals surface area contributed by atoms with Crippen LogP contribution in [0.3, 0.4) is 0 Å². The van der Waals surface area contributed by atoms with Crippen molar-refractivity contribution in [2.24, 2.45) is 5.92 Å². The summed E-state index contributed by atoms with van der Waals surface area (Å²) in [5, 5.41) is 11.3. The number of nitrogens with zero attached hydrogens (tertiary/aromatic N) is 5. The number of aromatic nitrogens is 5. The molecule has 5 aromatic rings. The molecular formula is C29H27ClN6O3. The topological polar surface area (TPSA) is 108 Å². The van der Waals surface area contributed by atoms with Crippen LogP contribution in [-0.2, 0) is 6.54 Å². The van der Waals surface area contributed by atoms with Gasteiger partial charge in [-0.15, -0.1) is 10.2 Å². The van der Waals surface area contributed by atoms with Crippen LogP contribution < -0.4 is 11.0 Å². The third-order valence-corrected chi connectivity index (χ3v) is 7.67. The lowest BCUT2D eigenvalue weighted by Gasteiger charge is -2.29. The number of halogens is 1. The molecule has 9 nitrogen and oxygen atoms in total. The summed E-state index contributed by atoms with van der Waals surface area (Å²) in [5.74, 6) is 0.585. The summed E-state index contributed by atoms with van der Waals surface area (Å²) in [4.78, 5) is 30.8. The van der Waals surface area contributed by atoms with Gasteiger partial charge in [0.15, 0.2) is 0 Å². The van der Waals surface area contributed by atoms with Gasteiger partial charge in [0.25, 0.3) is 5.91 Å². The predicted octanol–water partition coefficient (Wildman–Crippen LogP) is 5.19. The van der Waals surface area contributed by atoms with Crippen LogP contribution in [-0.4, -0.2) is 36.3 Å². The van der Waals surface area contributed by atoms with Gasteiger partial charge in [-0.25, -0.2) is 4.79 Å². The molecule has 10 heteroatoms. The third kappa shape index (κ3) is 4.97. The molecule has 1 aliphatic rings. The van der Waals surface area contributed by atoms with Gasteiger partial charge in [0, 0.05) is 24.3 Å². The van der Waals surface area contributed by atoms with Gasteiger partial charge in [0.05, 0.1) is 33.0 Å². The molecule has 0 unspecified atom stereocenters. The summed E-state index contributed by atoms with van der Waals surface area (Å²) in [5.41, 5.74) is 4.30. The van der Waals surface area contributed by atoms with Gasteiger partial charge < -0.3 is 9.73 Å². The molecular weight excluding hydrogens is 516 g/mol. The van der Waals surface area contributed by atoms with Crippen LogP contribution >= 0.6 is 11.6 Å². The SMILES string of the molecule is Cc1ncc(Cl)cc1C(=O)N[C@H]1CC[C@H](Cn2c(=O)n(-c3cccc(-c4nnco4)c3)c3ccccc32)CC1. The van der Waals surface area contributed by atoms with E-state index in [-0.39, 0.29) is 17.6 Å². The second kappa shape index (κ2) is 10.5. The lowest BCUT2D eigenvalue weighted by molar-refractivity contribution is 0.0919. The Labute approximate surface area is 229 Å². The molecule has 0 spiro atoms. The number of hydrogen-bond donors (Lipinski definition) is 1. The summed E-state index contributed by atoms with van der Waals surface area (Å²) >= 11 is 6.04. The Morgan fingerprint density at radius 2 is 1.87 bits per heavy atom. The van der Waals surface area contributed by atoms with E-state index in [1.54, 1.807) is 23.8 Å². The van der Waals surface area contributed by atoms with Crippen LogP contribution in [0.25, 0.3) is 28.2 Å². The highest BCUT2D eigenvalue weighted by Crippen LogP contribution is 2.28. The third-order valence-electron chi connectivity index (χ3n) is 7.47.